The molecule has 0 amide bonds. The Morgan fingerprint density at radius 1 is 1.29 bits per heavy atom. The van der Waals surface area contributed by atoms with Crippen molar-refractivity contribution in [3.05, 3.63) is 23.3 Å². The quantitative estimate of drug-likeness (QED) is 0.651. The van der Waals surface area contributed by atoms with Crippen molar-refractivity contribution in [2.24, 2.45) is 5.84 Å². The van der Waals surface area contributed by atoms with Crippen LogP contribution < -0.4 is 11.3 Å². The van der Waals surface area contributed by atoms with Gasteiger partial charge in [0, 0.05) is 18.8 Å². The predicted molar refractivity (Wildman–Crippen MR) is 82.5 cm³/mol. The van der Waals surface area contributed by atoms with Crippen LogP contribution in [0, 0.1) is 13.8 Å². The molecule has 1 fully saturated rings. The van der Waals surface area contributed by atoms with Crippen LogP contribution in [-0.2, 0) is 14.8 Å². The van der Waals surface area contributed by atoms with Crippen LogP contribution in [-0.4, -0.2) is 38.0 Å². The molecule has 0 radical (unpaired) electrons. The van der Waals surface area contributed by atoms with Gasteiger partial charge in [0.1, 0.15) is 0 Å². The van der Waals surface area contributed by atoms with Crippen molar-refractivity contribution in [2.75, 3.05) is 25.1 Å². The summed E-state index contributed by atoms with van der Waals surface area (Å²) in [6.45, 7) is 8.50. The molecule has 1 aromatic carbocycles. The molecule has 0 aromatic heterocycles. The number of rotatable bonds is 3. The molecule has 0 aliphatic carbocycles. The third kappa shape index (κ3) is 3.21. The van der Waals surface area contributed by atoms with E-state index in [2.05, 4.69) is 5.43 Å². The summed E-state index contributed by atoms with van der Waals surface area (Å²) in [5, 5.41) is 0. The van der Waals surface area contributed by atoms with Gasteiger partial charge in [-0.2, -0.15) is 4.31 Å². The van der Waals surface area contributed by atoms with E-state index >= 15 is 0 Å². The molecule has 1 heterocycles. The van der Waals surface area contributed by atoms with Crippen molar-refractivity contribution in [3.63, 3.8) is 0 Å². The summed E-state index contributed by atoms with van der Waals surface area (Å²) >= 11 is 0. The number of nitrogens with two attached hydrogens (primary N) is 1. The van der Waals surface area contributed by atoms with Gasteiger partial charge in [-0.1, -0.05) is 0 Å². The fourth-order valence-corrected chi connectivity index (χ4v) is 4.73. The number of morpholine rings is 1. The number of hydrogen-bond donors (Lipinski definition) is 2. The first-order valence-electron chi connectivity index (χ1n) is 6.89. The van der Waals surface area contributed by atoms with Crippen molar-refractivity contribution in [3.8, 4) is 0 Å². The maximum absolute atomic E-state index is 12.9. The summed E-state index contributed by atoms with van der Waals surface area (Å²) in [5.41, 5.74) is 4.16. The summed E-state index contributed by atoms with van der Waals surface area (Å²) < 4.78 is 33.0. The Kier molecular flexibility index (Phi) is 4.30. The summed E-state index contributed by atoms with van der Waals surface area (Å²) in [6.07, 6.45) is 0. The molecule has 7 heteroatoms. The van der Waals surface area contributed by atoms with Crippen LogP contribution in [0.15, 0.2) is 17.0 Å². The molecule has 0 atom stereocenters. The Hall–Kier alpha value is -1.15. The first kappa shape index (κ1) is 16.2. The SMILES string of the molecule is Cc1cc(NN)cc(C)c1S(=O)(=O)N1CCOC(C)(C)C1. The van der Waals surface area contributed by atoms with Gasteiger partial charge in [0.25, 0.3) is 0 Å². The fourth-order valence-electron chi connectivity index (χ4n) is 2.75. The number of sulfonamides is 1. The van der Waals surface area contributed by atoms with Gasteiger partial charge in [-0.15, -0.1) is 0 Å². The Morgan fingerprint density at radius 3 is 2.33 bits per heavy atom. The fraction of sp³-hybridized carbons (Fsp3) is 0.571. The Morgan fingerprint density at radius 2 is 1.86 bits per heavy atom. The van der Waals surface area contributed by atoms with E-state index in [0.717, 1.165) is 0 Å². The maximum Gasteiger partial charge on any atom is 0.243 e. The second-order valence-corrected chi connectivity index (χ2v) is 7.91. The van der Waals surface area contributed by atoms with Gasteiger partial charge < -0.3 is 10.2 Å². The third-order valence-corrected chi connectivity index (χ3v) is 5.77. The minimum atomic E-state index is -3.53. The highest BCUT2D eigenvalue weighted by molar-refractivity contribution is 7.89. The van der Waals surface area contributed by atoms with Gasteiger partial charge in [0.15, 0.2) is 0 Å². The molecule has 1 aliphatic heterocycles. The van der Waals surface area contributed by atoms with E-state index in [9.17, 15) is 8.42 Å². The van der Waals surface area contributed by atoms with Crippen LogP contribution in [0.2, 0.25) is 0 Å². The zero-order valence-electron chi connectivity index (χ0n) is 12.9. The number of hydrogen-bond acceptors (Lipinski definition) is 5. The van der Waals surface area contributed by atoms with E-state index in [-0.39, 0.29) is 0 Å². The number of nitrogens with zero attached hydrogens (tertiary/aromatic N) is 1. The van der Waals surface area contributed by atoms with E-state index in [4.69, 9.17) is 10.6 Å². The minimum Gasteiger partial charge on any atom is -0.373 e. The van der Waals surface area contributed by atoms with Crippen LogP contribution in [0.4, 0.5) is 5.69 Å². The molecular formula is C14H23N3O3S. The summed E-state index contributed by atoms with van der Waals surface area (Å²) in [4.78, 5) is 0.360. The minimum absolute atomic E-state index is 0.352. The molecule has 0 bridgehead atoms. The number of ether oxygens (including phenoxy) is 1. The van der Waals surface area contributed by atoms with Gasteiger partial charge in [0.05, 0.1) is 17.1 Å². The normalized spacial score (nSPS) is 19.5. The molecular weight excluding hydrogens is 290 g/mol. The number of benzene rings is 1. The Labute approximate surface area is 126 Å². The molecule has 1 aromatic rings. The highest BCUT2D eigenvalue weighted by atomic mass is 32.2. The van der Waals surface area contributed by atoms with Crippen LogP contribution in [0.1, 0.15) is 25.0 Å². The Bertz CT molecular complexity index is 618. The standard InChI is InChI=1S/C14H23N3O3S/c1-10-7-12(16-15)8-11(2)13(10)21(18,19)17-5-6-20-14(3,4)9-17/h7-8,16H,5-6,9,15H2,1-4H3. The molecule has 0 spiro atoms. The highest BCUT2D eigenvalue weighted by Crippen LogP contribution is 2.29. The largest absolute Gasteiger partial charge is 0.373 e. The maximum atomic E-state index is 12.9. The topological polar surface area (TPSA) is 84.7 Å². The van der Waals surface area contributed by atoms with Crippen molar-refractivity contribution < 1.29 is 13.2 Å². The van der Waals surface area contributed by atoms with Crippen molar-refractivity contribution in [1.82, 2.24) is 4.31 Å². The average molecular weight is 313 g/mol. The zero-order valence-corrected chi connectivity index (χ0v) is 13.8. The van der Waals surface area contributed by atoms with Crippen LogP contribution in [0.5, 0.6) is 0 Å². The summed E-state index contributed by atoms with van der Waals surface area (Å²) in [5.74, 6) is 5.40. The monoisotopic (exact) mass is 313 g/mol. The number of nitrogens with one attached hydrogen (secondary N) is 1. The Balaban J connectivity index is 2.45. The zero-order chi connectivity index (χ0) is 15.8. The highest BCUT2D eigenvalue weighted by Gasteiger charge is 2.36. The second kappa shape index (κ2) is 5.57. The first-order valence-corrected chi connectivity index (χ1v) is 8.33. The summed E-state index contributed by atoms with van der Waals surface area (Å²) in [7, 11) is -3.53. The number of anilines is 1. The number of aryl methyl sites for hydroxylation is 2. The lowest BCUT2D eigenvalue weighted by molar-refractivity contribution is -0.0640. The molecule has 118 valence electrons. The van der Waals surface area contributed by atoms with E-state index in [1.165, 1.54) is 4.31 Å². The molecule has 0 unspecified atom stereocenters. The predicted octanol–water partition coefficient (Wildman–Crippen LogP) is 1.39. The lowest BCUT2D eigenvalue weighted by Gasteiger charge is -2.37. The van der Waals surface area contributed by atoms with Gasteiger partial charge in [-0.05, 0) is 51.0 Å². The van der Waals surface area contributed by atoms with Gasteiger partial charge in [-0.25, -0.2) is 8.42 Å². The van der Waals surface area contributed by atoms with Crippen LogP contribution in [0.3, 0.4) is 0 Å². The van der Waals surface area contributed by atoms with E-state index < -0.39 is 15.6 Å². The van der Waals surface area contributed by atoms with E-state index in [1.54, 1.807) is 26.0 Å². The molecule has 1 aliphatic rings. The third-order valence-electron chi connectivity index (χ3n) is 3.62. The smallest absolute Gasteiger partial charge is 0.243 e. The van der Waals surface area contributed by atoms with Gasteiger partial charge in [-0.3, -0.25) is 5.84 Å². The lowest BCUT2D eigenvalue weighted by atomic mass is 10.1. The molecule has 1 saturated heterocycles. The lowest BCUT2D eigenvalue weighted by Crippen LogP contribution is -2.50. The number of nitrogen functional groups attached to an aromatic ring is 1. The van der Waals surface area contributed by atoms with Crippen LogP contribution >= 0.6 is 0 Å². The average Bonchev–Trinajstić information content (AvgIpc) is 2.36. The molecule has 6 nitrogen and oxygen atoms in total. The molecule has 2 rings (SSSR count). The second-order valence-electron chi connectivity index (χ2n) is 6.03. The van der Waals surface area contributed by atoms with Crippen LogP contribution in [0.25, 0.3) is 0 Å². The number of hydrazine groups is 1. The van der Waals surface area contributed by atoms with Gasteiger partial charge in [0.2, 0.25) is 10.0 Å². The molecule has 0 saturated carbocycles. The van der Waals surface area contributed by atoms with Crippen molar-refractivity contribution in [1.29, 1.82) is 0 Å². The van der Waals surface area contributed by atoms with Gasteiger partial charge >= 0.3 is 0 Å². The first-order chi connectivity index (χ1) is 9.67. The summed E-state index contributed by atoms with van der Waals surface area (Å²) in [6, 6.07) is 3.48. The van der Waals surface area contributed by atoms with E-state index in [0.29, 0.717) is 41.4 Å². The molecule has 3 N–H and O–H groups in total. The van der Waals surface area contributed by atoms with E-state index in [1.807, 2.05) is 13.8 Å². The van der Waals surface area contributed by atoms with Crippen molar-refractivity contribution >= 4 is 15.7 Å². The molecule has 21 heavy (non-hydrogen) atoms. The van der Waals surface area contributed by atoms with Crippen molar-refractivity contribution in [2.45, 2.75) is 38.2 Å².